The number of carbonyl (C=O) groups excluding carboxylic acids is 1. The van der Waals surface area contributed by atoms with Gasteiger partial charge >= 0.3 is 0 Å². The van der Waals surface area contributed by atoms with Gasteiger partial charge in [0, 0.05) is 30.3 Å². The molecule has 2 aromatic carbocycles. The maximum absolute atomic E-state index is 14.3. The zero-order chi connectivity index (χ0) is 18.0. The van der Waals surface area contributed by atoms with Crippen LogP contribution in [0.25, 0.3) is 0 Å². The number of rotatable bonds is 4. The van der Waals surface area contributed by atoms with Gasteiger partial charge in [0.15, 0.2) is 0 Å². The molecule has 1 saturated heterocycles. The molecule has 7 heteroatoms. The first-order valence-corrected chi connectivity index (χ1v) is 8.08. The minimum atomic E-state index is -0.563. The molecule has 0 unspecified atom stereocenters. The van der Waals surface area contributed by atoms with Crippen molar-refractivity contribution in [1.29, 1.82) is 0 Å². The molecule has 0 aromatic heterocycles. The summed E-state index contributed by atoms with van der Waals surface area (Å²) in [6.07, 6.45) is 2.04. The number of hydrogen-bond acceptors (Lipinski definition) is 4. The number of halogens is 1. The molecule has 2 aromatic rings. The standard InChI is InChI=1S/C18H18FN3O3/c1-12-13(6-4-8-15(12)22(24)25)18(23)20-17-14(19)7-5-9-16(17)21-10-2-3-11-21/h4-9H,2-3,10-11H2,1H3,(H,20,23). The lowest BCUT2D eigenvalue weighted by atomic mass is 10.1. The highest BCUT2D eigenvalue weighted by Crippen LogP contribution is 2.32. The van der Waals surface area contributed by atoms with E-state index in [1.165, 1.54) is 31.2 Å². The minimum absolute atomic E-state index is 0.111. The van der Waals surface area contributed by atoms with Gasteiger partial charge in [-0.25, -0.2) is 4.39 Å². The summed E-state index contributed by atoms with van der Waals surface area (Å²) in [5.74, 6) is -1.09. The van der Waals surface area contributed by atoms with Gasteiger partial charge in [0.05, 0.1) is 10.6 Å². The van der Waals surface area contributed by atoms with Crippen molar-refractivity contribution in [2.75, 3.05) is 23.3 Å². The quantitative estimate of drug-likeness (QED) is 0.675. The van der Waals surface area contributed by atoms with Crippen molar-refractivity contribution in [2.45, 2.75) is 19.8 Å². The van der Waals surface area contributed by atoms with Crippen LogP contribution in [0.2, 0.25) is 0 Å². The first kappa shape index (κ1) is 16.9. The number of nitrogens with zero attached hydrogens (tertiary/aromatic N) is 2. The number of nitrogens with one attached hydrogen (secondary N) is 1. The summed E-state index contributed by atoms with van der Waals surface area (Å²) < 4.78 is 14.3. The molecule has 0 spiro atoms. The lowest BCUT2D eigenvalue weighted by Crippen LogP contribution is -2.22. The second-order valence-corrected chi connectivity index (χ2v) is 5.99. The largest absolute Gasteiger partial charge is 0.370 e. The van der Waals surface area contributed by atoms with Crippen LogP contribution in [0.1, 0.15) is 28.8 Å². The Kier molecular flexibility index (Phi) is 4.65. The Morgan fingerprint density at radius 1 is 1.20 bits per heavy atom. The summed E-state index contributed by atoms with van der Waals surface area (Å²) in [4.78, 5) is 25.1. The van der Waals surface area contributed by atoms with E-state index >= 15 is 0 Å². The number of nitro groups is 1. The Labute approximate surface area is 144 Å². The molecular weight excluding hydrogens is 325 g/mol. The number of benzene rings is 2. The van der Waals surface area contributed by atoms with E-state index in [0.717, 1.165) is 25.9 Å². The molecule has 0 saturated carbocycles. The second kappa shape index (κ2) is 6.88. The molecule has 1 N–H and O–H groups in total. The molecule has 6 nitrogen and oxygen atoms in total. The molecule has 1 aliphatic rings. The van der Waals surface area contributed by atoms with E-state index in [1.54, 1.807) is 12.1 Å². The Balaban J connectivity index is 1.94. The van der Waals surface area contributed by atoms with Gasteiger partial charge in [-0.15, -0.1) is 0 Å². The zero-order valence-electron chi connectivity index (χ0n) is 13.8. The van der Waals surface area contributed by atoms with Gasteiger partial charge in [0.1, 0.15) is 11.5 Å². The van der Waals surface area contributed by atoms with Crippen molar-refractivity contribution in [3.63, 3.8) is 0 Å². The van der Waals surface area contributed by atoms with Crippen molar-refractivity contribution in [3.05, 3.63) is 63.5 Å². The first-order valence-electron chi connectivity index (χ1n) is 8.08. The van der Waals surface area contributed by atoms with Crippen molar-refractivity contribution in [3.8, 4) is 0 Å². The van der Waals surface area contributed by atoms with Gasteiger partial charge in [0.2, 0.25) is 0 Å². The van der Waals surface area contributed by atoms with Crippen LogP contribution in [0.5, 0.6) is 0 Å². The van der Waals surface area contributed by atoms with E-state index in [0.29, 0.717) is 5.69 Å². The van der Waals surface area contributed by atoms with Crippen LogP contribution in [0.3, 0.4) is 0 Å². The highest BCUT2D eigenvalue weighted by atomic mass is 19.1. The third kappa shape index (κ3) is 3.31. The fraction of sp³-hybridized carbons (Fsp3) is 0.278. The Morgan fingerprint density at radius 3 is 2.56 bits per heavy atom. The SMILES string of the molecule is Cc1c(C(=O)Nc2c(F)cccc2N2CCCC2)cccc1[N+](=O)[O-]. The van der Waals surface area contributed by atoms with Crippen LogP contribution < -0.4 is 10.2 Å². The molecule has 0 bridgehead atoms. The molecule has 1 aliphatic heterocycles. The fourth-order valence-corrected chi connectivity index (χ4v) is 3.11. The zero-order valence-corrected chi connectivity index (χ0v) is 13.8. The van der Waals surface area contributed by atoms with Crippen molar-refractivity contribution >= 4 is 23.0 Å². The molecule has 3 rings (SSSR count). The molecular formula is C18H18FN3O3. The second-order valence-electron chi connectivity index (χ2n) is 5.99. The molecule has 1 amide bonds. The Morgan fingerprint density at radius 2 is 1.88 bits per heavy atom. The predicted octanol–water partition coefficient (Wildman–Crippen LogP) is 3.89. The lowest BCUT2D eigenvalue weighted by molar-refractivity contribution is -0.385. The minimum Gasteiger partial charge on any atom is -0.370 e. The number of nitro benzene ring substituents is 1. The summed E-state index contributed by atoms with van der Waals surface area (Å²) in [6.45, 7) is 3.13. The summed E-state index contributed by atoms with van der Waals surface area (Å²) in [5, 5.41) is 13.6. The smallest absolute Gasteiger partial charge is 0.273 e. The third-order valence-corrected chi connectivity index (χ3v) is 4.42. The summed E-state index contributed by atoms with van der Waals surface area (Å²) in [5.41, 5.74) is 1.02. The fourth-order valence-electron chi connectivity index (χ4n) is 3.11. The van der Waals surface area contributed by atoms with Crippen molar-refractivity contribution < 1.29 is 14.1 Å². The van der Waals surface area contributed by atoms with Gasteiger partial charge in [-0.3, -0.25) is 14.9 Å². The van der Waals surface area contributed by atoms with Crippen molar-refractivity contribution in [2.24, 2.45) is 0 Å². The summed E-state index contributed by atoms with van der Waals surface area (Å²) in [7, 11) is 0. The summed E-state index contributed by atoms with van der Waals surface area (Å²) in [6, 6.07) is 8.94. The highest BCUT2D eigenvalue weighted by molar-refractivity contribution is 6.07. The number of para-hydroxylation sites is 1. The molecule has 1 fully saturated rings. The van der Waals surface area contributed by atoms with Gasteiger partial charge in [-0.1, -0.05) is 12.1 Å². The third-order valence-electron chi connectivity index (χ3n) is 4.42. The lowest BCUT2D eigenvalue weighted by Gasteiger charge is -2.22. The van der Waals surface area contributed by atoms with Crippen LogP contribution >= 0.6 is 0 Å². The molecule has 0 atom stereocenters. The van der Waals surface area contributed by atoms with E-state index in [4.69, 9.17) is 0 Å². The van der Waals surface area contributed by atoms with E-state index in [2.05, 4.69) is 5.32 Å². The number of anilines is 2. The van der Waals surface area contributed by atoms with E-state index in [1.807, 2.05) is 4.90 Å². The highest BCUT2D eigenvalue weighted by Gasteiger charge is 2.22. The number of amides is 1. The molecule has 0 radical (unpaired) electrons. The monoisotopic (exact) mass is 343 g/mol. The van der Waals surface area contributed by atoms with E-state index < -0.39 is 16.6 Å². The predicted molar refractivity (Wildman–Crippen MR) is 93.6 cm³/mol. The Bertz CT molecular complexity index is 832. The molecule has 25 heavy (non-hydrogen) atoms. The van der Waals surface area contributed by atoms with Gasteiger partial charge in [0.25, 0.3) is 11.6 Å². The van der Waals surface area contributed by atoms with E-state index in [9.17, 15) is 19.3 Å². The normalized spacial score (nSPS) is 13.8. The van der Waals surface area contributed by atoms with Crippen LogP contribution in [0, 0.1) is 22.9 Å². The van der Waals surface area contributed by atoms with Gasteiger partial charge in [-0.2, -0.15) is 0 Å². The summed E-state index contributed by atoms with van der Waals surface area (Å²) >= 11 is 0. The van der Waals surface area contributed by atoms with Crippen LogP contribution in [-0.4, -0.2) is 23.9 Å². The number of hydrogen-bond donors (Lipinski definition) is 1. The average molecular weight is 343 g/mol. The average Bonchev–Trinajstić information content (AvgIpc) is 3.10. The Hall–Kier alpha value is -2.96. The van der Waals surface area contributed by atoms with Crippen LogP contribution in [0.4, 0.5) is 21.5 Å². The topological polar surface area (TPSA) is 75.5 Å². The number of carbonyl (C=O) groups is 1. The van der Waals surface area contributed by atoms with E-state index in [-0.39, 0.29) is 22.5 Å². The van der Waals surface area contributed by atoms with Crippen molar-refractivity contribution in [1.82, 2.24) is 0 Å². The maximum Gasteiger partial charge on any atom is 0.273 e. The molecule has 0 aliphatic carbocycles. The molecule has 130 valence electrons. The van der Waals surface area contributed by atoms with Crippen LogP contribution in [0.15, 0.2) is 36.4 Å². The van der Waals surface area contributed by atoms with Crippen LogP contribution in [-0.2, 0) is 0 Å². The first-order chi connectivity index (χ1) is 12.0. The van der Waals surface area contributed by atoms with Gasteiger partial charge in [-0.05, 0) is 38.0 Å². The molecule has 1 heterocycles. The van der Waals surface area contributed by atoms with Gasteiger partial charge < -0.3 is 10.2 Å². The maximum atomic E-state index is 14.3.